The van der Waals surface area contributed by atoms with Gasteiger partial charge in [0.05, 0.1) is 5.69 Å². The fraction of sp³-hybridized carbons (Fsp3) is 0.0526. The van der Waals surface area contributed by atoms with Crippen LogP contribution in [-0.4, -0.2) is 25.9 Å². The number of H-pyrrole nitrogens is 1. The summed E-state index contributed by atoms with van der Waals surface area (Å²) in [6.45, 7) is 1.94. The summed E-state index contributed by atoms with van der Waals surface area (Å²) in [5.41, 5.74) is 2.83. The number of aromatic nitrogens is 3. The molecule has 3 heterocycles. The first kappa shape index (κ1) is 16.2. The first-order chi connectivity index (χ1) is 12.5. The van der Waals surface area contributed by atoms with Crippen molar-refractivity contribution in [1.82, 2.24) is 14.5 Å². The standard InChI is InChI=1S/C19H14N4O2S/c1-11-4-2-5-13(8-11)23-18(25)15(17(24)22-19(23)26)9-12-10-21-16-14(12)6-3-7-20-16/h2-10,25H,1H3,(H,22,24,26)/b12-9-. The number of rotatable bonds is 2. The molecule has 26 heavy (non-hydrogen) atoms. The van der Waals surface area contributed by atoms with Crippen LogP contribution in [0, 0.1) is 11.7 Å². The molecule has 0 saturated carbocycles. The highest BCUT2D eigenvalue weighted by Gasteiger charge is 2.17. The van der Waals surface area contributed by atoms with Gasteiger partial charge in [-0.3, -0.25) is 14.3 Å². The minimum absolute atomic E-state index is 0.109. The number of fused-ring (bicyclic) bond motifs is 1. The number of hydrogen-bond donors (Lipinski definition) is 2. The lowest BCUT2D eigenvalue weighted by Gasteiger charge is -2.12. The highest BCUT2D eigenvalue weighted by molar-refractivity contribution is 7.71. The summed E-state index contributed by atoms with van der Waals surface area (Å²) in [6.07, 6.45) is 4.86. The van der Waals surface area contributed by atoms with Gasteiger partial charge < -0.3 is 5.11 Å². The summed E-state index contributed by atoms with van der Waals surface area (Å²) >= 11 is 5.25. The lowest BCUT2D eigenvalue weighted by molar-refractivity contribution is 0.432. The van der Waals surface area contributed by atoms with E-state index in [-0.39, 0.29) is 16.2 Å². The van der Waals surface area contributed by atoms with Gasteiger partial charge in [-0.05, 0) is 55.0 Å². The monoisotopic (exact) mass is 362 g/mol. The van der Waals surface area contributed by atoms with Gasteiger partial charge in [0.15, 0.2) is 10.6 Å². The molecule has 6 nitrogen and oxygen atoms in total. The molecule has 1 aliphatic rings. The van der Waals surface area contributed by atoms with E-state index < -0.39 is 5.56 Å². The minimum Gasteiger partial charge on any atom is -0.494 e. The first-order valence-electron chi connectivity index (χ1n) is 7.91. The van der Waals surface area contributed by atoms with Crippen LogP contribution in [0.4, 0.5) is 5.82 Å². The second-order valence-electron chi connectivity index (χ2n) is 5.90. The normalized spacial score (nSPS) is 14.0. The first-order valence-corrected chi connectivity index (χ1v) is 8.32. The Morgan fingerprint density at radius 2 is 2.12 bits per heavy atom. The Bertz CT molecular complexity index is 1200. The van der Waals surface area contributed by atoms with Crippen LogP contribution in [-0.2, 0) is 0 Å². The smallest absolute Gasteiger partial charge is 0.262 e. The largest absolute Gasteiger partial charge is 0.494 e. The van der Waals surface area contributed by atoms with Crippen molar-refractivity contribution in [1.29, 1.82) is 0 Å². The van der Waals surface area contributed by atoms with Crippen molar-refractivity contribution in [3.05, 3.63) is 74.4 Å². The summed E-state index contributed by atoms with van der Waals surface area (Å²) in [4.78, 5) is 23.4. The molecular formula is C19H14N4O2S. The zero-order chi connectivity index (χ0) is 18.3. The predicted molar refractivity (Wildman–Crippen MR) is 104 cm³/mol. The van der Waals surface area contributed by atoms with E-state index in [1.807, 2.05) is 37.3 Å². The summed E-state index contributed by atoms with van der Waals surface area (Å²) in [7, 11) is 0. The van der Waals surface area contributed by atoms with Crippen molar-refractivity contribution in [3.8, 4) is 11.6 Å². The Balaban J connectivity index is 1.93. The topological polar surface area (TPSA) is 83.3 Å². The molecular weight excluding hydrogens is 348 g/mol. The second-order valence-corrected chi connectivity index (χ2v) is 6.29. The molecule has 2 aromatic heterocycles. The van der Waals surface area contributed by atoms with Gasteiger partial charge in [-0.25, -0.2) is 9.98 Å². The SMILES string of the molecule is Cc1cccc(-n2c(O)c(/C=C3/C=Nc4ncccc43)c(=O)[nH]c2=S)c1. The molecule has 0 bridgehead atoms. The lowest BCUT2D eigenvalue weighted by atomic mass is 10.1. The van der Waals surface area contributed by atoms with Crippen molar-refractivity contribution in [2.24, 2.45) is 4.99 Å². The number of aromatic hydroxyl groups is 1. The third-order valence-corrected chi connectivity index (χ3v) is 4.39. The Morgan fingerprint density at radius 3 is 2.92 bits per heavy atom. The Kier molecular flexibility index (Phi) is 3.85. The van der Waals surface area contributed by atoms with Crippen LogP contribution in [0.25, 0.3) is 17.3 Å². The predicted octanol–water partition coefficient (Wildman–Crippen LogP) is 3.56. The molecule has 2 N–H and O–H groups in total. The van der Waals surface area contributed by atoms with E-state index >= 15 is 0 Å². The Morgan fingerprint density at radius 1 is 1.27 bits per heavy atom. The van der Waals surface area contributed by atoms with E-state index in [2.05, 4.69) is 15.0 Å². The molecule has 4 rings (SSSR count). The number of nitrogens with one attached hydrogen (secondary N) is 1. The Hall–Kier alpha value is -3.32. The molecule has 0 amide bonds. The fourth-order valence-electron chi connectivity index (χ4n) is 2.87. The van der Waals surface area contributed by atoms with Gasteiger partial charge in [0.1, 0.15) is 5.56 Å². The van der Waals surface area contributed by atoms with E-state index in [4.69, 9.17) is 12.2 Å². The number of allylic oxidation sites excluding steroid dienone is 1. The molecule has 0 radical (unpaired) electrons. The molecule has 0 aliphatic carbocycles. The number of aliphatic imine (C=N–C) groups is 1. The van der Waals surface area contributed by atoms with Gasteiger partial charge in [-0.2, -0.15) is 0 Å². The molecule has 0 atom stereocenters. The summed E-state index contributed by atoms with van der Waals surface area (Å²) in [5.74, 6) is 0.365. The summed E-state index contributed by atoms with van der Waals surface area (Å²) in [5, 5.41) is 10.8. The van der Waals surface area contributed by atoms with Gasteiger partial charge in [-0.15, -0.1) is 0 Å². The summed E-state index contributed by atoms with van der Waals surface area (Å²) < 4.78 is 1.56. The lowest BCUT2D eigenvalue weighted by Crippen LogP contribution is -2.16. The number of nitrogens with zero attached hydrogens (tertiary/aromatic N) is 3. The maximum absolute atomic E-state index is 12.4. The van der Waals surface area contributed by atoms with Crippen LogP contribution in [0.5, 0.6) is 5.88 Å². The van der Waals surface area contributed by atoms with E-state index in [9.17, 15) is 9.90 Å². The minimum atomic E-state index is -0.463. The molecule has 1 aliphatic heterocycles. The molecule has 128 valence electrons. The van der Waals surface area contributed by atoms with Gasteiger partial charge in [0.25, 0.3) is 5.56 Å². The van der Waals surface area contributed by atoms with Gasteiger partial charge >= 0.3 is 0 Å². The van der Waals surface area contributed by atoms with E-state index in [0.717, 1.165) is 11.1 Å². The Labute approximate surface area is 153 Å². The fourth-order valence-corrected chi connectivity index (χ4v) is 3.16. The van der Waals surface area contributed by atoms with Gasteiger partial charge in [0, 0.05) is 23.5 Å². The quantitative estimate of drug-likeness (QED) is 0.683. The molecule has 3 aromatic rings. The molecule has 0 fully saturated rings. The number of benzene rings is 1. The van der Waals surface area contributed by atoms with Crippen molar-refractivity contribution in [3.63, 3.8) is 0 Å². The van der Waals surface area contributed by atoms with Gasteiger partial charge in [0.2, 0.25) is 5.88 Å². The van der Waals surface area contributed by atoms with Crippen LogP contribution < -0.4 is 5.56 Å². The highest BCUT2D eigenvalue weighted by Crippen LogP contribution is 2.31. The number of aromatic amines is 1. The molecule has 7 heteroatoms. The number of aryl methyl sites for hydroxylation is 1. The van der Waals surface area contributed by atoms with Gasteiger partial charge in [-0.1, -0.05) is 12.1 Å². The third-order valence-electron chi connectivity index (χ3n) is 4.10. The van der Waals surface area contributed by atoms with Crippen LogP contribution in [0.15, 0.2) is 52.4 Å². The van der Waals surface area contributed by atoms with Crippen molar-refractivity contribution < 1.29 is 5.11 Å². The molecule has 0 spiro atoms. The molecule has 0 unspecified atom stereocenters. The van der Waals surface area contributed by atoms with Crippen molar-refractivity contribution in [2.75, 3.05) is 0 Å². The van der Waals surface area contributed by atoms with Crippen LogP contribution in [0.2, 0.25) is 0 Å². The third kappa shape index (κ3) is 2.68. The van der Waals surface area contributed by atoms with Crippen molar-refractivity contribution in [2.45, 2.75) is 6.92 Å². The number of hydrogen-bond acceptors (Lipinski definition) is 5. The second kappa shape index (κ2) is 6.20. The summed E-state index contributed by atoms with van der Waals surface area (Å²) in [6, 6.07) is 11.2. The number of pyridine rings is 1. The van der Waals surface area contributed by atoms with E-state index in [1.54, 1.807) is 24.6 Å². The maximum Gasteiger partial charge on any atom is 0.262 e. The molecule has 1 aromatic carbocycles. The van der Waals surface area contributed by atoms with Crippen LogP contribution in [0.3, 0.4) is 0 Å². The van der Waals surface area contributed by atoms with Crippen molar-refractivity contribution >= 4 is 35.9 Å². The van der Waals surface area contributed by atoms with E-state index in [0.29, 0.717) is 17.1 Å². The zero-order valence-corrected chi connectivity index (χ0v) is 14.6. The molecule has 0 saturated heterocycles. The highest BCUT2D eigenvalue weighted by atomic mass is 32.1. The van der Waals surface area contributed by atoms with Crippen LogP contribution in [0.1, 0.15) is 16.7 Å². The average Bonchev–Trinajstić information content (AvgIpc) is 3.01. The zero-order valence-electron chi connectivity index (χ0n) is 13.8. The average molecular weight is 362 g/mol. The van der Waals surface area contributed by atoms with E-state index in [1.165, 1.54) is 4.57 Å². The van der Waals surface area contributed by atoms with Crippen LogP contribution >= 0.6 is 12.2 Å². The maximum atomic E-state index is 12.4.